The molecular formula is C43H35N3O15S3. The lowest BCUT2D eigenvalue weighted by molar-refractivity contribution is 0.0619. The van der Waals surface area contributed by atoms with Crippen molar-refractivity contribution < 1.29 is 68.6 Å². The van der Waals surface area contributed by atoms with Crippen molar-refractivity contribution in [3.8, 4) is 23.0 Å². The number of carbonyl (C=O) groups is 2. The monoisotopic (exact) mass is 929 g/mol. The minimum atomic E-state index is -4.90. The molecule has 18 nitrogen and oxygen atoms in total. The molecule has 6 aromatic rings. The second-order valence-electron chi connectivity index (χ2n) is 14.8. The molecule has 2 amide bonds. The highest BCUT2D eigenvalue weighted by Crippen LogP contribution is 2.40. The van der Waals surface area contributed by atoms with Gasteiger partial charge in [0.25, 0.3) is 32.1 Å². The van der Waals surface area contributed by atoms with Crippen molar-refractivity contribution in [2.24, 2.45) is 5.10 Å². The van der Waals surface area contributed by atoms with E-state index in [9.17, 15) is 56.0 Å². The first-order valence-electron chi connectivity index (χ1n) is 18.9. The molecule has 6 aromatic carbocycles. The normalized spacial score (nSPS) is 13.7. The average molecular weight is 930 g/mol. The molecule has 330 valence electrons. The third-order valence-corrected chi connectivity index (χ3v) is 12.5. The summed E-state index contributed by atoms with van der Waals surface area (Å²) in [6, 6.07) is 20.3. The molecule has 0 saturated carbocycles. The maximum Gasteiger partial charge on any atom is 0.425 e. The molecule has 0 unspecified atom stereocenters. The summed E-state index contributed by atoms with van der Waals surface area (Å²) in [6.45, 7) is 1.93. The van der Waals surface area contributed by atoms with Crippen molar-refractivity contribution in [3.05, 3.63) is 146 Å². The van der Waals surface area contributed by atoms with Crippen molar-refractivity contribution in [1.29, 1.82) is 0 Å². The molecule has 1 heterocycles. The van der Waals surface area contributed by atoms with Crippen molar-refractivity contribution in [3.63, 3.8) is 0 Å². The number of nitrogens with zero attached hydrogens (tertiary/aromatic N) is 2. The van der Waals surface area contributed by atoms with Gasteiger partial charge in [0.15, 0.2) is 0 Å². The van der Waals surface area contributed by atoms with Crippen LogP contribution in [-0.2, 0) is 56.5 Å². The van der Waals surface area contributed by atoms with Crippen LogP contribution in [0.5, 0.6) is 23.0 Å². The number of carbonyl (C=O) groups excluding carboxylic acids is 2. The molecule has 2 aliphatic rings. The predicted molar refractivity (Wildman–Crippen MR) is 229 cm³/mol. The van der Waals surface area contributed by atoms with Crippen LogP contribution in [0.15, 0.2) is 99.8 Å². The fraction of sp³-hybridized carbons (Fsp3) is 0.140. The molecule has 8 bridgehead atoms. The predicted octanol–water partition coefficient (Wildman–Crippen LogP) is 4.89. The van der Waals surface area contributed by atoms with Gasteiger partial charge in [-0.2, -0.15) is 21.9 Å². The Morgan fingerprint density at radius 3 is 1.44 bits per heavy atom. The van der Waals surface area contributed by atoms with E-state index >= 15 is 0 Å². The van der Waals surface area contributed by atoms with Crippen LogP contribution in [0.1, 0.15) is 77.7 Å². The average Bonchev–Trinajstić information content (AvgIpc) is 3.21. The first-order chi connectivity index (χ1) is 30.2. The van der Waals surface area contributed by atoms with E-state index in [1.807, 2.05) is 0 Å². The number of nitrogens with one attached hydrogen (secondary N) is 1. The number of imide groups is 1. The zero-order chi connectivity index (χ0) is 46.4. The smallest absolute Gasteiger partial charge is 0.425 e. The molecular weight excluding hydrogens is 895 g/mol. The van der Waals surface area contributed by atoms with E-state index in [0.717, 1.165) is 24.3 Å². The van der Waals surface area contributed by atoms with Gasteiger partial charge in [-0.05, 0) is 89.3 Å². The zero-order valence-electron chi connectivity index (χ0n) is 33.2. The second-order valence-corrected chi connectivity index (χ2v) is 18.0. The van der Waals surface area contributed by atoms with Gasteiger partial charge >= 0.3 is 10.6 Å². The van der Waals surface area contributed by atoms with E-state index in [4.69, 9.17) is 12.6 Å². The number of hydrazone groups is 1. The van der Waals surface area contributed by atoms with Gasteiger partial charge in [0, 0.05) is 76.4 Å². The maximum absolute atomic E-state index is 13.1. The Balaban J connectivity index is 0.00000147. The lowest BCUT2D eigenvalue weighted by Crippen LogP contribution is -2.40. The molecule has 64 heavy (non-hydrogen) atoms. The minimum Gasteiger partial charge on any atom is -0.507 e. The number of phenols is 4. The molecule has 1 aliphatic heterocycles. The SMILES string of the molecule is CCN1C(=O)c2cccc3c(N/N=C/c4cc5c(O)c(c4)Cc4cc(S(=O)(=O)O)cc(c4O)Cc4cc(S(=O)(=O)O)cc(c4O)Cc4cccc(c4O)C5)ccc(c23)C1=O.O=S(=O)=O. The largest absolute Gasteiger partial charge is 0.507 e. The van der Waals surface area contributed by atoms with Gasteiger partial charge in [-0.1, -0.05) is 30.3 Å². The van der Waals surface area contributed by atoms with Gasteiger partial charge in [0.2, 0.25) is 0 Å². The highest BCUT2D eigenvalue weighted by atomic mass is 32.2. The number of anilines is 1. The molecule has 0 spiro atoms. The summed E-state index contributed by atoms with van der Waals surface area (Å²) >= 11 is 0. The van der Waals surface area contributed by atoms with E-state index in [1.54, 1.807) is 61.5 Å². The summed E-state index contributed by atoms with van der Waals surface area (Å²) < 4.78 is 95.1. The number of amides is 2. The third kappa shape index (κ3) is 8.87. The topological polar surface area (TPSA) is 303 Å². The van der Waals surface area contributed by atoms with Crippen LogP contribution < -0.4 is 5.43 Å². The first-order valence-corrected chi connectivity index (χ1v) is 22.8. The number of aromatic hydroxyl groups is 4. The maximum atomic E-state index is 13.1. The number of rotatable bonds is 6. The van der Waals surface area contributed by atoms with Gasteiger partial charge in [0.05, 0.1) is 21.7 Å². The number of hydrogen-bond donors (Lipinski definition) is 7. The lowest BCUT2D eigenvalue weighted by atomic mass is 9.90. The number of benzene rings is 6. The summed E-state index contributed by atoms with van der Waals surface area (Å²) in [5.41, 5.74) is 5.25. The number of fused-ring (bicyclic) bond motifs is 8. The Morgan fingerprint density at radius 1 is 0.609 bits per heavy atom. The number of para-hydroxylation sites is 1. The summed E-state index contributed by atoms with van der Waals surface area (Å²) in [6.07, 6.45) is 0.312. The van der Waals surface area contributed by atoms with E-state index in [2.05, 4.69) is 10.5 Å². The number of hydrogen-bond acceptors (Lipinski definition) is 15. The van der Waals surface area contributed by atoms with Crippen LogP contribution in [0.25, 0.3) is 10.8 Å². The van der Waals surface area contributed by atoms with Crippen molar-refractivity contribution >= 4 is 65.3 Å². The molecule has 0 radical (unpaired) electrons. The summed E-state index contributed by atoms with van der Waals surface area (Å²) in [4.78, 5) is 26.2. The summed E-state index contributed by atoms with van der Waals surface area (Å²) in [5, 5.41) is 51.7. The fourth-order valence-electron chi connectivity index (χ4n) is 7.88. The molecule has 0 aromatic heterocycles. The second kappa shape index (κ2) is 17.2. The van der Waals surface area contributed by atoms with Gasteiger partial charge < -0.3 is 20.4 Å². The van der Waals surface area contributed by atoms with Gasteiger partial charge in [-0.15, -0.1) is 12.6 Å². The lowest BCUT2D eigenvalue weighted by Gasteiger charge is -2.26. The standard InChI is InChI=1S/C43H35N3O12S2.O3S/c1-2-46-42(51)34-8-4-7-33-36(10-9-35(37(33)34)43(46)52)45-44-21-22-11-25-13-23-5-3-6-24(38(23)47)14-27-17-31(59(53,54)55)19-29(40(27)49)16-30-20-32(60(56,57)58)18-28(41(30)50)15-26(12-22)39(25)48;1-4(2)3/h3-12,17-21,45,47-50H,2,13-16H2,1H3,(H,53,54,55)(H,56,57,58);/b44-21+;. The molecule has 0 atom stereocenters. The van der Waals surface area contributed by atoms with Gasteiger partial charge in [0.1, 0.15) is 23.0 Å². The van der Waals surface area contributed by atoms with Crippen molar-refractivity contribution in [2.75, 3.05) is 12.0 Å². The summed E-state index contributed by atoms with van der Waals surface area (Å²) in [5.74, 6) is -2.22. The Hall–Kier alpha value is -7.17. The van der Waals surface area contributed by atoms with Gasteiger partial charge in [-0.3, -0.25) is 29.0 Å². The van der Waals surface area contributed by atoms with Crippen LogP contribution in [0, 0.1) is 0 Å². The molecule has 8 rings (SSSR count). The Bertz CT molecular complexity index is 3330. The van der Waals surface area contributed by atoms with E-state index in [1.165, 1.54) is 17.2 Å². The Kier molecular flexibility index (Phi) is 12.0. The quantitative estimate of drug-likeness (QED) is 0.0505. The highest BCUT2D eigenvalue weighted by Gasteiger charge is 2.32. The highest BCUT2D eigenvalue weighted by molar-refractivity contribution is 7.86. The van der Waals surface area contributed by atoms with Crippen LogP contribution in [0.3, 0.4) is 0 Å². The van der Waals surface area contributed by atoms with Crippen LogP contribution in [0.2, 0.25) is 0 Å². The van der Waals surface area contributed by atoms with Crippen LogP contribution in [0.4, 0.5) is 5.69 Å². The van der Waals surface area contributed by atoms with E-state index < -0.39 is 70.4 Å². The fourth-order valence-corrected chi connectivity index (χ4v) is 9.05. The van der Waals surface area contributed by atoms with Crippen molar-refractivity contribution in [2.45, 2.75) is 42.4 Å². The molecule has 7 N–H and O–H groups in total. The first kappa shape index (κ1) is 44.9. The zero-order valence-corrected chi connectivity index (χ0v) is 35.6. The minimum absolute atomic E-state index is 0.0295. The third-order valence-electron chi connectivity index (χ3n) is 10.8. The summed E-state index contributed by atoms with van der Waals surface area (Å²) in [7, 11) is -12.9. The van der Waals surface area contributed by atoms with Crippen molar-refractivity contribution in [1.82, 2.24) is 4.90 Å². The van der Waals surface area contributed by atoms with Crippen LogP contribution >= 0.6 is 0 Å². The van der Waals surface area contributed by atoms with Crippen LogP contribution in [-0.4, -0.2) is 88.5 Å². The van der Waals surface area contributed by atoms with Gasteiger partial charge in [-0.25, -0.2) is 0 Å². The Morgan fingerprint density at radius 2 is 1.00 bits per heavy atom. The molecule has 0 fully saturated rings. The molecule has 0 saturated heterocycles. The molecule has 1 aliphatic carbocycles. The van der Waals surface area contributed by atoms with E-state index in [-0.39, 0.29) is 76.3 Å². The molecule has 21 heteroatoms. The Labute approximate surface area is 365 Å². The van der Waals surface area contributed by atoms with E-state index in [0.29, 0.717) is 38.7 Å². The number of phenolic OH excluding ortho intramolecular Hbond substituents is 4.